The number of nitrogens with zero attached hydrogens (tertiary/aromatic N) is 4. The molecule has 0 radical (unpaired) electrons. The highest BCUT2D eigenvalue weighted by atomic mass is 32.2. The first kappa shape index (κ1) is 14.0. The SMILES string of the molecule is Cc1nn(C)c(C)c1S(=O)(=O)N1CCOC(C#N)C1. The van der Waals surface area contributed by atoms with Crippen molar-refractivity contribution in [1.82, 2.24) is 14.1 Å². The van der Waals surface area contributed by atoms with Gasteiger partial charge in [-0.2, -0.15) is 14.7 Å². The van der Waals surface area contributed by atoms with E-state index in [1.165, 1.54) is 4.31 Å². The van der Waals surface area contributed by atoms with Crippen LogP contribution in [-0.4, -0.2) is 48.3 Å². The van der Waals surface area contributed by atoms with Gasteiger partial charge in [0.15, 0.2) is 6.10 Å². The quantitative estimate of drug-likeness (QED) is 0.759. The number of sulfonamides is 1. The van der Waals surface area contributed by atoms with Crippen LogP contribution in [0.3, 0.4) is 0 Å². The molecule has 0 saturated carbocycles. The minimum Gasteiger partial charge on any atom is -0.361 e. The van der Waals surface area contributed by atoms with Gasteiger partial charge in [0, 0.05) is 13.6 Å². The molecule has 1 unspecified atom stereocenters. The molecule has 0 aliphatic carbocycles. The molecule has 1 aliphatic rings. The number of hydrogen-bond donors (Lipinski definition) is 0. The summed E-state index contributed by atoms with van der Waals surface area (Å²) < 4.78 is 33.2. The molecule has 1 atom stereocenters. The molecular weight excluding hydrogens is 268 g/mol. The maximum atomic E-state index is 12.6. The maximum Gasteiger partial charge on any atom is 0.246 e. The standard InChI is InChI=1S/C11H16N4O3S/c1-8-11(9(2)14(3)13-8)19(16,17)15-4-5-18-10(6-12)7-15/h10H,4-5,7H2,1-3H3. The number of aromatic nitrogens is 2. The van der Waals surface area contributed by atoms with E-state index in [-0.39, 0.29) is 24.6 Å². The highest BCUT2D eigenvalue weighted by Gasteiger charge is 2.34. The van der Waals surface area contributed by atoms with Crippen molar-refractivity contribution in [2.75, 3.05) is 19.7 Å². The molecule has 1 aliphatic heterocycles. The van der Waals surface area contributed by atoms with Crippen LogP contribution < -0.4 is 0 Å². The van der Waals surface area contributed by atoms with Crippen molar-refractivity contribution < 1.29 is 13.2 Å². The summed E-state index contributed by atoms with van der Waals surface area (Å²) in [6, 6.07) is 1.94. The lowest BCUT2D eigenvalue weighted by atomic mass is 10.3. The molecule has 1 aromatic rings. The lowest BCUT2D eigenvalue weighted by Crippen LogP contribution is -2.45. The monoisotopic (exact) mass is 284 g/mol. The van der Waals surface area contributed by atoms with Crippen LogP contribution >= 0.6 is 0 Å². The molecule has 2 heterocycles. The maximum absolute atomic E-state index is 12.6. The van der Waals surface area contributed by atoms with Gasteiger partial charge in [-0.05, 0) is 13.8 Å². The summed E-state index contributed by atoms with van der Waals surface area (Å²) in [7, 11) is -1.92. The molecule has 7 nitrogen and oxygen atoms in total. The van der Waals surface area contributed by atoms with Crippen molar-refractivity contribution in [1.29, 1.82) is 5.26 Å². The Morgan fingerprint density at radius 1 is 1.47 bits per heavy atom. The van der Waals surface area contributed by atoms with Crippen molar-refractivity contribution in [3.05, 3.63) is 11.4 Å². The molecule has 0 bridgehead atoms. The zero-order valence-electron chi connectivity index (χ0n) is 11.1. The van der Waals surface area contributed by atoms with Gasteiger partial charge >= 0.3 is 0 Å². The van der Waals surface area contributed by atoms with Gasteiger partial charge in [0.05, 0.1) is 30.6 Å². The summed E-state index contributed by atoms with van der Waals surface area (Å²) in [6.45, 7) is 3.94. The fraction of sp³-hybridized carbons (Fsp3) is 0.636. The van der Waals surface area contributed by atoms with E-state index in [9.17, 15) is 8.42 Å². The van der Waals surface area contributed by atoms with Gasteiger partial charge in [0.25, 0.3) is 0 Å². The first-order chi connectivity index (χ1) is 8.87. The summed E-state index contributed by atoms with van der Waals surface area (Å²) in [5.41, 5.74) is 1.07. The van der Waals surface area contributed by atoms with E-state index in [4.69, 9.17) is 10.00 Å². The summed E-state index contributed by atoms with van der Waals surface area (Å²) in [4.78, 5) is 0.230. The number of ether oxygens (including phenoxy) is 1. The van der Waals surface area contributed by atoms with Crippen molar-refractivity contribution in [2.24, 2.45) is 7.05 Å². The van der Waals surface area contributed by atoms with Crippen molar-refractivity contribution in [3.8, 4) is 6.07 Å². The predicted octanol–water partition coefficient (Wildman–Crippen LogP) is -0.0500. The Hall–Kier alpha value is -1.43. The minimum absolute atomic E-state index is 0.0621. The molecule has 1 saturated heterocycles. The van der Waals surface area contributed by atoms with Crippen molar-refractivity contribution >= 4 is 10.0 Å². The summed E-state index contributed by atoms with van der Waals surface area (Å²) in [5, 5.41) is 13.0. The molecule has 0 N–H and O–H groups in total. The third-order valence-corrected chi connectivity index (χ3v) is 5.33. The van der Waals surface area contributed by atoms with Crippen LogP contribution in [0.15, 0.2) is 4.90 Å². The Balaban J connectivity index is 2.40. The molecule has 0 aromatic carbocycles. The molecule has 19 heavy (non-hydrogen) atoms. The zero-order valence-corrected chi connectivity index (χ0v) is 11.9. The Morgan fingerprint density at radius 2 is 2.16 bits per heavy atom. The fourth-order valence-corrected chi connectivity index (χ4v) is 4.00. The second kappa shape index (κ2) is 4.92. The van der Waals surface area contributed by atoms with Crippen molar-refractivity contribution in [3.63, 3.8) is 0 Å². The van der Waals surface area contributed by atoms with Gasteiger partial charge in [-0.1, -0.05) is 0 Å². The fourth-order valence-electron chi connectivity index (χ4n) is 2.18. The number of rotatable bonds is 2. The van der Waals surface area contributed by atoms with E-state index in [1.54, 1.807) is 25.6 Å². The van der Waals surface area contributed by atoms with Crippen LogP contribution in [0.4, 0.5) is 0 Å². The molecule has 8 heteroatoms. The van der Waals surface area contributed by atoms with E-state index < -0.39 is 16.1 Å². The van der Waals surface area contributed by atoms with Gasteiger partial charge in [0.1, 0.15) is 4.90 Å². The van der Waals surface area contributed by atoms with Gasteiger partial charge < -0.3 is 4.74 Å². The molecule has 104 valence electrons. The lowest BCUT2D eigenvalue weighted by Gasteiger charge is -2.28. The zero-order chi connectivity index (χ0) is 14.2. The number of hydrogen-bond acceptors (Lipinski definition) is 5. The summed E-state index contributed by atoms with van der Waals surface area (Å²) >= 11 is 0. The molecule has 2 rings (SSSR count). The lowest BCUT2D eigenvalue weighted by molar-refractivity contribution is 0.0311. The number of morpholine rings is 1. The topological polar surface area (TPSA) is 88.2 Å². The van der Waals surface area contributed by atoms with Crippen molar-refractivity contribution in [2.45, 2.75) is 24.8 Å². The van der Waals surface area contributed by atoms with Crippen LogP contribution in [0.5, 0.6) is 0 Å². The Kier molecular flexibility index (Phi) is 3.62. The molecular formula is C11H16N4O3S. The summed E-state index contributed by atoms with van der Waals surface area (Å²) in [6.07, 6.45) is -0.708. The molecule has 0 amide bonds. The van der Waals surface area contributed by atoms with E-state index in [0.29, 0.717) is 11.4 Å². The van der Waals surface area contributed by atoms with Gasteiger partial charge in [-0.3, -0.25) is 4.68 Å². The molecule has 0 spiro atoms. The van der Waals surface area contributed by atoms with Crippen LogP contribution in [0.1, 0.15) is 11.4 Å². The largest absolute Gasteiger partial charge is 0.361 e. The van der Waals surface area contributed by atoms with Crippen LogP contribution in [-0.2, 0) is 21.8 Å². The van der Waals surface area contributed by atoms with E-state index in [1.807, 2.05) is 6.07 Å². The van der Waals surface area contributed by atoms with E-state index >= 15 is 0 Å². The normalized spacial score (nSPS) is 21.3. The Labute approximate surface area is 112 Å². The molecule has 1 aromatic heterocycles. The highest BCUT2D eigenvalue weighted by Crippen LogP contribution is 2.24. The van der Waals surface area contributed by atoms with E-state index in [0.717, 1.165) is 0 Å². The van der Waals surface area contributed by atoms with Crippen LogP contribution in [0.2, 0.25) is 0 Å². The smallest absolute Gasteiger partial charge is 0.246 e. The second-order valence-corrected chi connectivity index (χ2v) is 6.35. The second-order valence-electron chi connectivity index (χ2n) is 4.48. The first-order valence-electron chi connectivity index (χ1n) is 5.89. The van der Waals surface area contributed by atoms with Gasteiger partial charge in [-0.15, -0.1) is 0 Å². The Bertz CT molecular complexity index is 629. The minimum atomic E-state index is -3.63. The first-order valence-corrected chi connectivity index (χ1v) is 7.33. The third kappa shape index (κ3) is 2.36. The van der Waals surface area contributed by atoms with E-state index in [2.05, 4.69) is 5.10 Å². The van der Waals surface area contributed by atoms with Crippen LogP contribution in [0, 0.1) is 25.2 Å². The van der Waals surface area contributed by atoms with Gasteiger partial charge in [0.2, 0.25) is 10.0 Å². The number of aryl methyl sites for hydroxylation is 2. The number of nitriles is 1. The van der Waals surface area contributed by atoms with Crippen LogP contribution in [0.25, 0.3) is 0 Å². The average molecular weight is 284 g/mol. The third-order valence-electron chi connectivity index (χ3n) is 3.21. The predicted molar refractivity (Wildman–Crippen MR) is 66.8 cm³/mol. The average Bonchev–Trinajstić information content (AvgIpc) is 2.63. The molecule has 1 fully saturated rings. The summed E-state index contributed by atoms with van der Waals surface area (Å²) in [5.74, 6) is 0. The van der Waals surface area contributed by atoms with Gasteiger partial charge in [-0.25, -0.2) is 8.42 Å². The highest BCUT2D eigenvalue weighted by molar-refractivity contribution is 7.89. The Morgan fingerprint density at radius 3 is 2.68 bits per heavy atom.